The number of hydrogen-bond donors (Lipinski definition) is 0. The lowest BCUT2D eigenvalue weighted by Crippen LogP contribution is -2.53. The maximum absolute atomic E-state index is 12.8. The molecule has 5 rings (SSSR count). The van der Waals surface area contributed by atoms with Gasteiger partial charge in [-0.1, -0.05) is 19.4 Å². The van der Waals surface area contributed by atoms with Crippen LogP contribution in [0.2, 0.25) is 0 Å². The highest BCUT2D eigenvalue weighted by atomic mass is 16.3. The summed E-state index contributed by atoms with van der Waals surface area (Å²) < 4.78 is 6.12. The molecule has 6 atom stereocenters. The zero-order valence-corrected chi connectivity index (χ0v) is 16.7. The van der Waals surface area contributed by atoms with E-state index in [1.807, 2.05) is 13.0 Å². The second-order valence-corrected chi connectivity index (χ2v) is 10.0. The number of ketones is 2. The van der Waals surface area contributed by atoms with E-state index in [0.717, 1.165) is 50.0 Å². The average Bonchev–Trinajstić information content (AvgIpc) is 3.19. The predicted octanol–water partition coefficient (Wildman–Crippen LogP) is 5.38. The third-order valence-electron chi connectivity index (χ3n) is 8.85. The minimum absolute atomic E-state index is 0.115. The van der Waals surface area contributed by atoms with Crippen molar-refractivity contribution in [1.82, 2.24) is 0 Å². The molecule has 3 heteroatoms. The number of carbonyl (C=O) groups excluding carboxylic acids is 2. The topological polar surface area (TPSA) is 47.3 Å². The number of furan rings is 1. The summed E-state index contributed by atoms with van der Waals surface area (Å²) in [6.07, 6.45) is 8.40. The molecular weight excluding hydrogens is 336 g/mol. The molecule has 144 valence electrons. The Bertz CT molecular complexity index is 846. The van der Waals surface area contributed by atoms with Crippen LogP contribution in [0.25, 0.3) is 0 Å². The van der Waals surface area contributed by atoms with Gasteiger partial charge in [0.2, 0.25) is 0 Å². The zero-order chi connectivity index (χ0) is 19.0. The summed E-state index contributed by atoms with van der Waals surface area (Å²) in [5.74, 6) is 4.55. The Morgan fingerprint density at radius 3 is 2.52 bits per heavy atom. The van der Waals surface area contributed by atoms with Gasteiger partial charge in [-0.25, -0.2) is 0 Å². The number of carbonyl (C=O) groups is 2. The van der Waals surface area contributed by atoms with Gasteiger partial charge in [-0.2, -0.15) is 0 Å². The van der Waals surface area contributed by atoms with Gasteiger partial charge in [0, 0.05) is 24.2 Å². The van der Waals surface area contributed by atoms with E-state index in [1.165, 1.54) is 5.57 Å². The van der Waals surface area contributed by atoms with Gasteiger partial charge in [-0.15, -0.1) is 0 Å². The summed E-state index contributed by atoms with van der Waals surface area (Å²) in [5, 5.41) is 0. The van der Waals surface area contributed by atoms with Crippen molar-refractivity contribution in [2.75, 3.05) is 0 Å². The van der Waals surface area contributed by atoms with Crippen LogP contribution in [-0.2, 0) is 9.59 Å². The molecule has 27 heavy (non-hydrogen) atoms. The van der Waals surface area contributed by atoms with Gasteiger partial charge in [-0.3, -0.25) is 9.59 Å². The molecule has 1 aromatic rings. The third kappa shape index (κ3) is 2.33. The summed E-state index contributed by atoms with van der Waals surface area (Å²) in [6.45, 7) is 6.62. The van der Waals surface area contributed by atoms with Crippen LogP contribution < -0.4 is 0 Å². The normalized spacial score (nSPS) is 43.7. The van der Waals surface area contributed by atoms with E-state index in [1.54, 1.807) is 0 Å². The van der Waals surface area contributed by atoms with Crippen molar-refractivity contribution < 1.29 is 14.0 Å². The molecule has 1 heterocycles. The quantitative estimate of drug-likeness (QED) is 0.670. The Labute approximate surface area is 161 Å². The Morgan fingerprint density at radius 1 is 1.00 bits per heavy atom. The number of aryl methyl sites for hydroxylation is 1. The molecule has 3 fully saturated rings. The van der Waals surface area contributed by atoms with Gasteiger partial charge < -0.3 is 4.42 Å². The minimum atomic E-state index is -0.150. The first kappa shape index (κ1) is 17.5. The van der Waals surface area contributed by atoms with Crippen molar-refractivity contribution in [2.24, 2.45) is 28.6 Å². The minimum Gasteiger partial charge on any atom is -0.466 e. The highest BCUT2D eigenvalue weighted by Crippen LogP contribution is 2.67. The molecule has 1 aromatic heterocycles. The van der Waals surface area contributed by atoms with Gasteiger partial charge in [0.1, 0.15) is 17.3 Å². The fourth-order valence-corrected chi connectivity index (χ4v) is 7.28. The number of hydrogen-bond acceptors (Lipinski definition) is 3. The average molecular weight is 367 g/mol. The lowest BCUT2D eigenvalue weighted by molar-refractivity contribution is -0.133. The van der Waals surface area contributed by atoms with Crippen molar-refractivity contribution in [3.05, 3.63) is 35.3 Å². The van der Waals surface area contributed by atoms with Crippen LogP contribution >= 0.6 is 0 Å². The van der Waals surface area contributed by atoms with Crippen LogP contribution in [0.5, 0.6) is 0 Å². The number of Topliss-reactive ketones (excluding diaryl/α,β-unsaturated/α-hetero) is 1. The zero-order valence-electron chi connectivity index (χ0n) is 16.7. The van der Waals surface area contributed by atoms with Crippen molar-refractivity contribution >= 4 is 11.6 Å². The van der Waals surface area contributed by atoms with Crippen molar-refractivity contribution in [1.29, 1.82) is 0 Å². The number of rotatable bonds is 1. The van der Waals surface area contributed by atoms with E-state index in [2.05, 4.69) is 26.0 Å². The smallest absolute Gasteiger partial charge is 0.155 e. The predicted molar refractivity (Wildman–Crippen MR) is 103 cm³/mol. The first-order valence-corrected chi connectivity index (χ1v) is 10.7. The van der Waals surface area contributed by atoms with Crippen LogP contribution in [0.1, 0.15) is 76.2 Å². The maximum atomic E-state index is 12.8. The van der Waals surface area contributed by atoms with Crippen molar-refractivity contribution in [3.63, 3.8) is 0 Å². The molecule has 0 aromatic carbocycles. The molecule has 4 aliphatic rings. The number of fused-ring (bicyclic) bond motifs is 5. The van der Waals surface area contributed by atoms with Gasteiger partial charge in [0.25, 0.3) is 0 Å². The van der Waals surface area contributed by atoms with Gasteiger partial charge in [0.05, 0.1) is 0 Å². The Morgan fingerprint density at radius 2 is 1.78 bits per heavy atom. The van der Waals surface area contributed by atoms with Crippen LogP contribution in [0.4, 0.5) is 0 Å². The van der Waals surface area contributed by atoms with E-state index >= 15 is 0 Å². The molecule has 0 saturated heterocycles. The highest BCUT2D eigenvalue weighted by Gasteiger charge is 2.61. The van der Waals surface area contributed by atoms with Crippen molar-refractivity contribution in [2.45, 2.75) is 71.6 Å². The fraction of sp³-hybridized carbons (Fsp3) is 0.667. The van der Waals surface area contributed by atoms with Gasteiger partial charge in [-0.05, 0) is 80.4 Å². The molecule has 0 aliphatic heterocycles. The molecule has 0 spiro atoms. The maximum Gasteiger partial charge on any atom is 0.155 e. The van der Waals surface area contributed by atoms with Crippen molar-refractivity contribution in [3.8, 4) is 0 Å². The fourth-order valence-electron chi connectivity index (χ4n) is 7.28. The van der Waals surface area contributed by atoms with Gasteiger partial charge in [0.15, 0.2) is 5.78 Å². The third-order valence-corrected chi connectivity index (χ3v) is 8.85. The van der Waals surface area contributed by atoms with E-state index in [-0.39, 0.29) is 16.6 Å². The molecule has 0 N–H and O–H groups in total. The van der Waals surface area contributed by atoms with E-state index < -0.39 is 0 Å². The standard InChI is InChI=1S/C24H30O3/c1-14-4-6-20(27-14)17-13-15-12-16(25)8-10-23(15,2)19-9-11-24(3)18(22(17)19)5-7-21(24)26/h4,6,12,17-19,22H,5,7-11,13H2,1-3H3/t17-,18-,19?,22-,23-,24-/m0/s1. The molecule has 0 amide bonds. The summed E-state index contributed by atoms with van der Waals surface area (Å²) >= 11 is 0. The molecule has 4 aliphatic carbocycles. The van der Waals surface area contributed by atoms with Gasteiger partial charge >= 0.3 is 0 Å². The van der Waals surface area contributed by atoms with E-state index in [0.29, 0.717) is 35.9 Å². The molecule has 3 nitrogen and oxygen atoms in total. The summed E-state index contributed by atoms with van der Waals surface area (Å²) in [4.78, 5) is 25.0. The first-order chi connectivity index (χ1) is 12.8. The summed E-state index contributed by atoms with van der Waals surface area (Å²) in [7, 11) is 0. The van der Waals surface area contributed by atoms with Crippen LogP contribution in [-0.4, -0.2) is 11.6 Å². The van der Waals surface area contributed by atoms with E-state index in [9.17, 15) is 9.59 Å². The second kappa shape index (κ2) is 5.68. The second-order valence-electron chi connectivity index (χ2n) is 10.0. The monoisotopic (exact) mass is 366 g/mol. The highest BCUT2D eigenvalue weighted by molar-refractivity contribution is 5.92. The molecule has 0 bridgehead atoms. The lowest BCUT2D eigenvalue weighted by Gasteiger charge is -2.59. The first-order valence-electron chi connectivity index (χ1n) is 10.7. The van der Waals surface area contributed by atoms with Crippen LogP contribution in [0, 0.1) is 35.5 Å². The largest absolute Gasteiger partial charge is 0.466 e. The Hall–Kier alpha value is -1.64. The number of allylic oxidation sites excluding steroid dienone is 1. The SMILES string of the molecule is Cc1ccc([C@@H]2CC3=CC(=O)CC[C@]3(C)C3CC[C@]4(C)C(=O)CC[C@H]4[C@@H]32)o1. The van der Waals surface area contributed by atoms with Crippen LogP contribution in [0.15, 0.2) is 28.2 Å². The van der Waals surface area contributed by atoms with Crippen LogP contribution in [0.3, 0.4) is 0 Å². The molecular formula is C24H30O3. The summed E-state index contributed by atoms with van der Waals surface area (Å²) in [6, 6.07) is 4.19. The molecule has 1 unspecified atom stereocenters. The Kier molecular flexibility index (Phi) is 3.68. The summed E-state index contributed by atoms with van der Waals surface area (Å²) in [5.41, 5.74) is 1.30. The molecule has 0 radical (unpaired) electrons. The lowest BCUT2D eigenvalue weighted by atomic mass is 9.45. The Balaban J connectivity index is 1.64. The molecule has 3 saturated carbocycles. The van der Waals surface area contributed by atoms with E-state index in [4.69, 9.17) is 4.42 Å².